The summed E-state index contributed by atoms with van der Waals surface area (Å²) in [5.74, 6) is -0.372. The number of carbonyl (C=O) groups is 2. The second-order valence-corrected chi connectivity index (χ2v) is 5.20. The fourth-order valence-corrected chi connectivity index (χ4v) is 2.39. The molecule has 4 heteroatoms. The summed E-state index contributed by atoms with van der Waals surface area (Å²) in [5.41, 5.74) is 2.77. The number of hydrogen-bond donors (Lipinski definition) is 1. The Hall–Kier alpha value is -2.10. The molecule has 0 unspecified atom stereocenters. The van der Waals surface area contributed by atoms with E-state index in [0.29, 0.717) is 5.56 Å². The number of ketones is 1. The van der Waals surface area contributed by atoms with Crippen LogP contribution in [-0.2, 0) is 16.0 Å². The Kier molecular flexibility index (Phi) is 3.30. The minimum absolute atomic E-state index is 0.0254. The van der Waals surface area contributed by atoms with E-state index in [9.17, 15) is 9.59 Å². The Bertz CT molecular complexity index is 667. The van der Waals surface area contributed by atoms with Gasteiger partial charge >= 0.3 is 5.97 Å². The summed E-state index contributed by atoms with van der Waals surface area (Å²) in [7, 11) is 0. The number of rotatable bonds is 5. The summed E-state index contributed by atoms with van der Waals surface area (Å²) >= 11 is 0. The lowest BCUT2D eigenvalue weighted by molar-refractivity contribution is -0.144. The lowest BCUT2D eigenvalue weighted by Crippen LogP contribution is -2.14. The molecule has 0 aliphatic heterocycles. The minimum Gasteiger partial charge on any atom is -0.457 e. The van der Waals surface area contributed by atoms with Gasteiger partial charge in [-0.05, 0) is 24.8 Å². The third kappa shape index (κ3) is 2.33. The predicted molar refractivity (Wildman–Crippen MR) is 75.7 cm³/mol. The van der Waals surface area contributed by atoms with Crippen LogP contribution in [0.25, 0.3) is 10.9 Å². The molecule has 4 nitrogen and oxygen atoms in total. The molecule has 0 spiro atoms. The molecule has 0 atom stereocenters. The van der Waals surface area contributed by atoms with Crippen molar-refractivity contribution in [2.75, 3.05) is 6.61 Å². The Labute approximate surface area is 117 Å². The summed E-state index contributed by atoms with van der Waals surface area (Å²) in [5, 5.41) is 0.900. The van der Waals surface area contributed by atoms with Crippen LogP contribution < -0.4 is 0 Å². The Morgan fingerprint density at radius 3 is 2.85 bits per heavy atom. The summed E-state index contributed by atoms with van der Waals surface area (Å²) in [4.78, 5) is 26.8. The van der Waals surface area contributed by atoms with Crippen LogP contribution in [0.1, 0.15) is 35.7 Å². The minimum atomic E-state index is -0.243. The normalized spacial score (nSPS) is 14.4. The molecule has 20 heavy (non-hydrogen) atoms. The molecule has 3 rings (SSSR count). The van der Waals surface area contributed by atoms with E-state index >= 15 is 0 Å². The number of esters is 1. The first-order valence-corrected chi connectivity index (χ1v) is 6.99. The lowest BCUT2D eigenvalue weighted by Gasteiger charge is -2.03. The smallest absolute Gasteiger partial charge is 0.309 e. The number of aryl methyl sites for hydroxylation is 1. The Balaban J connectivity index is 1.79. The summed E-state index contributed by atoms with van der Waals surface area (Å²) in [6, 6.07) is 5.91. The van der Waals surface area contributed by atoms with Crippen LogP contribution in [0, 0.1) is 5.92 Å². The summed E-state index contributed by atoms with van der Waals surface area (Å²) in [6.07, 6.45) is 4.39. The van der Waals surface area contributed by atoms with Gasteiger partial charge in [-0.15, -0.1) is 0 Å². The number of aromatic nitrogens is 1. The molecule has 0 amide bonds. The number of nitrogens with one attached hydrogen (secondary N) is 1. The van der Waals surface area contributed by atoms with Crippen LogP contribution in [0.15, 0.2) is 24.4 Å². The fraction of sp³-hybridized carbons (Fsp3) is 0.375. The van der Waals surface area contributed by atoms with E-state index < -0.39 is 0 Å². The number of carbonyl (C=O) groups excluding carboxylic acids is 2. The molecule has 0 saturated heterocycles. The molecular formula is C16H17NO3. The number of Topliss-reactive ketones (excluding diaryl/α,β-unsaturated/α-hetero) is 1. The molecule has 104 valence electrons. The molecule has 1 aliphatic carbocycles. The van der Waals surface area contributed by atoms with E-state index in [1.54, 1.807) is 6.20 Å². The van der Waals surface area contributed by atoms with Gasteiger partial charge in [0, 0.05) is 22.7 Å². The highest BCUT2D eigenvalue weighted by Crippen LogP contribution is 2.30. The summed E-state index contributed by atoms with van der Waals surface area (Å²) < 4.78 is 5.05. The van der Waals surface area contributed by atoms with Crippen molar-refractivity contribution in [1.82, 2.24) is 4.98 Å². The van der Waals surface area contributed by atoms with Crippen molar-refractivity contribution < 1.29 is 14.3 Å². The van der Waals surface area contributed by atoms with Crippen molar-refractivity contribution >= 4 is 22.7 Å². The van der Waals surface area contributed by atoms with Crippen LogP contribution >= 0.6 is 0 Å². The molecule has 1 fully saturated rings. The van der Waals surface area contributed by atoms with E-state index in [2.05, 4.69) is 11.9 Å². The SMILES string of the molecule is CCc1cccc2c(C(=O)COC(=O)C3CC3)c[nH]c12. The zero-order valence-corrected chi connectivity index (χ0v) is 11.4. The first-order chi connectivity index (χ1) is 9.70. The third-order valence-electron chi connectivity index (χ3n) is 3.74. The van der Waals surface area contributed by atoms with Crippen molar-refractivity contribution in [1.29, 1.82) is 0 Å². The third-order valence-corrected chi connectivity index (χ3v) is 3.74. The van der Waals surface area contributed by atoms with Crippen molar-refractivity contribution in [2.45, 2.75) is 26.2 Å². The quantitative estimate of drug-likeness (QED) is 0.672. The second-order valence-electron chi connectivity index (χ2n) is 5.20. The number of H-pyrrole nitrogens is 1. The van der Waals surface area contributed by atoms with Crippen LogP contribution in [0.2, 0.25) is 0 Å². The largest absolute Gasteiger partial charge is 0.457 e. The predicted octanol–water partition coefficient (Wildman–Crippen LogP) is 2.87. The Morgan fingerprint density at radius 2 is 2.15 bits per heavy atom. The van der Waals surface area contributed by atoms with Gasteiger partial charge in [0.2, 0.25) is 5.78 Å². The molecule has 0 radical (unpaired) electrons. The van der Waals surface area contributed by atoms with Gasteiger partial charge in [-0.1, -0.05) is 25.1 Å². The number of aromatic amines is 1. The van der Waals surface area contributed by atoms with Crippen LogP contribution in [0.3, 0.4) is 0 Å². The Morgan fingerprint density at radius 1 is 1.35 bits per heavy atom. The first-order valence-electron chi connectivity index (χ1n) is 6.99. The van der Waals surface area contributed by atoms with Gasteiger partial charge in [-0.25, -0.2) is 0 Å². The van der Waals surface area contributed by atoms with Crippen LogP contribution in [0.5, 0.6) is 0 Å². The van der Waals surface area contributed by atoms with Crippen LogP contribution in [-0.4, -0.2) is 23.3 Å². The van der Waals surface area contributed by atoms with Gasteiger partial charge in [-0.3, -0.25) is 9.59 Å². The summed E-state index contributed by atoms with van der Waals surface area (Å²) in [6.45, 7) is 1.91. The highest BCUT2D eigenvalue weighted by Gasteiger charge is 2.31. The standard InChI is InChI=1S/C16H17NO3/c1-2-10-4-3-5-12-13(8-17-15(10)12)14(18)9-20-16(19)11-6-7-11/h3-5,8,11,17H,2,6-7,9H2,1H3. The van der Waals surface area contributed by atoms with Crippen LogP contribution in [0.4, 0.5) is 0 Å². The molecule has 1 aromatic carbocycles. The molecular weight excluding hydrogens is 254 g/mol. The number of hydrogen-bond acceptors (Lipinski definition) is 3. The van der Waals surface area contributed by atoms with Crippen molar-refractivity contribution in [2.24, 2.45) is 5.92 Å². The van der Waals surface area contributed by atoms with Crippen molar-refractivity contribution in [3.63, 3.8) is 0 Å². The number of benzene rings is 1. The number of ether oxygens (including phenoxy) is 1. The van der Waals surface area contributed by atoms with E-state index in [-0.39, 0.29) is 24.3 Å². The molecule has 1 heterocycles. The average Bonchev–Trinajstić information content (AvgIpc) is 3.23. The number of para-hydroxylation sites is 1. The maximum atomic E-state index is 12.2. The van der Waals surface area contributed by atoms with E-state index in [1.165, 1.54) is 5.56 Å². The zero-order chi connectivity index (χ0) is 14.1. The first kappa shape index (κ1) is 12.9. The topological polar surface area (TPSA) is 59.2 Å². The van der Waals surface area contributed by atoms with Gasteiger partial charge in [0.15, 0.2) is 6.61 Å². The maximum Gasteiger partial charge on any atom is 0.309 e. The van der Waals surface area contributed by atoms with Gasteiger partial charge in [0.1, 0.15) is 0 Å². The zero-order valence-electron chi connectivity index (χ0n) is 11.4. The average molecular weight is 271 g/mol. The van der Waals surface area contributed by atoms with E-state index in [1.807, 2.05) is 18.2 Å². The fourth-order valence-electron chi connectivity index (χ4n) is 2.39. The maximum absolute atomic E-state index is 12.2. The monoisotopic (exact) mass is 271 g/mol. The molecule has 2 aromatic rings. The van der Waals surface area contributed by atoms with Gasteiger partial charge in [0.05, 0.1) is 5.92 Å². The highest BCUT2D eigenvalue weighted by atomic mass is 16.5. The molecule has 1 aliphatic rings. The van der Waals surface area contributed by atoms with Gasteiger partial charge < -0.3 is 9.72 Å². The van der Waals surface area contributed by atoms with Crippen molar-refractivity contribution in [3.05, 3.63) is 35.5 Å². The molecule has 1 N–H and O–H groups in total. The van der Waals surface area contributed by atoms with E-state index in [0.717, 1.165) is 30.2 Å². The highest BCUT2D eigenvalue weighted by molar-refractivity contribution is 6.09. The van der Waals surface area contributed by atoms with E-state index in [4.69, 9.17) is 4.74 Å². The van der Waals surface area contributed by atoms with Crippen molar-refractivity contribution in [3.8, 4) is 0 Å². The molecule has 0 bridgehead atoms. The van der Waals surface area contributed by atoms with Gasteiger partial charge in [-0.2, -0.15) is 0 Å². The second kappa shape index (κ2) is 5.12. The number of fused-ring (bicyclic) bond motifs is 1. The van der Waals surface area contributed by atoms with Gasteiger partial charge in [0.25, 0.3) is 0 Å². The molecule has 1 saturated carbocycles. The molecule has 1 aromatic heterocycles. The lowest BCUT2D eigenvalue weighted by atomic mass is 10.1.